The minimum Gasteiger partial charge on any atom is -0.380 e. The first-order valence-corrected chi connectivity index (χ1v) is 8.60. The Morgan fingerprint density at radius 1 is 1.26 bits per heavy atom. The van der Waals surface area contributed by atoms with Gasteiger partial charge in [0, 0.05) is 23.2 Å². The molecule has 108 valence electrons. The van der Waals surface area contributed by atoms with Crippen LogP contribution in [-0.2, 0) is 15.5 Å². The van der Waals surface area contributed by atoms with Crippen molar-refractivity contribution in [2.45, 2.75) is 31.9 Å². The highest BCUT2D eigenvalue weighted by atomic mass is 35.5. The van der Waals surface area contributed by atoms with Gasteiger partial charge in [0.25, 0.3) is 0 Å². The van der Waals surface area contributed by atoms with Crippen LogP contribution in [0.1, 0.15) is 37.5 Å². The van der Waals surface area contributed by atoms with Crippen LogP contribution in [-0.4, -0.2) is 23.2 Å². The van der Waals surface area contributed by atoms with Gasteiger partial charge in [0.15, 0.2) is 0 Å². The largest absolute Gasteiger partial charge is 0.380 e. The SMILES string of the molecule is CCCCOCC[S@](=O)[C@H](C)c1ccc(Cl)c(Cl)c1. The van der Waals surface area contributed by atoms with Crippen molar-refractivity contribution in [3.8, 4) is 0 Å². The molecule has 0 heterocycles. The minimum atomic E-state index is -0.963. The molecule has 19 heavy (non-hydrogen) atoms. The van der Waals surface area contributed by atoms with E-state index >= 15 is 0 Å². The standard InChI is InChI=1S/C14H20Cl2O2S/c1-3-4-7-18-8-9-19(17)11(2)12-5-6-13(15)14(16)10-12/h5-6,10-11H,3-4,7-9H2,1-2H3/t11-,19+/m1/s1. The predicted octanol–water partition coefficient (Wildman–Crippen LogP) is 4.62. The average molecular weight is 323 g/mol. The molecule has 0 aromatic heterocycles. The van der Waals surface area contributed by atoms with Crippen molar-refractivity contribution in [3.63, 3.8) is 0 Å². The Kier molecular flexibility index (Phi) is 8.00. The van der Waals surface area contributed by atoms with Gasteiger partial charge in [-0.2, -0.15) is 0 Å². The number of ether oxygens (including phenoxy) is 1. The summed E-state index contributed by atoms with van der Waals surface area (Å²) in [5.74, 6) is 0.547. The lowest BCUT2D eigenvalue weighted by molar-refractivity contribution is 0.146. The number of unbranched alkanes of at least 4 members (excludes halogenated alkanes) is 1. The molecule has 0 aliphatic heterocycles. The number of rotatable bonds is 8. The quantitative estimate of drug-likeness (QED) is 0.653. The summed E-state index contributed by atoms with van der Waals surface area (Å²) in [4.78, 5) is 0. The van der Waals surface area contributed by atoms with Crippen LogP contribution >= 0.6 is 23.2 Å². The van der Waals surface area contributed by atoms with Crippen molar-refractivity contribution in [2.75, 3.05) is 19.0 Å². The van der Waals surface area contributed by atoms with Crippen LogP contribution in [0.2, 0.25) is 10.0 Å². The van der Waals surface area contributed by atoms with E-state index in [-0.39, 0.29) is 5.25 Å². The predicted molar refractivity (Wildman–Crippen MR) is 83.6 cm³/mol. The minimum absolute atomic E-state index is 0.0652. The fourth-order valence-electron chi connectivity index (χ4n) is 1.58. The van der Waals surface area contributed by atoms with Crippen LogP contribution in [0, 0.1) is 0 Å². The Labute approximate surface area is 127 Å². The molecule has 0 amide bonds. The second-order valence-corrected chi connectivity index (χ2v) is 7.06. The molecule has 0 saturated heterocycles. The molecular weight excluding hydrogens is 303 g/mol. The Morgan fingerprint density at radius 2 is 2.00 bits per heavy atom. The smallest absolute Gasteiger partial charge is 0.0595 e. The number of halogens is 2. The zero-order valence-electron chi connectivity index (χ0n) is 11.3. The molecule has 0 bridgehead atoms. The lowest BCUT2D eigenvalue weighted by atomic mass is 10.2. The fraction of sp³-hybridized carbons (Fsp3) is 0.571. The van der Waals surface area contributed by atoms with Gasteiger partial charge in [0.2, 0.25) is 0 Å². The van der Waals surface area contributed by atoms with E-state index in [0.29, 0.717) is 22.4 Å². The molecule has 0 aliphatic rings. The first-order valence-electron chi connectivity index (χ1n) is 6.46. The molecule has 0 spiro atoms. The third-order valence-electron chi connectivity index (χ3n) is 2.88. The summed E-state index contributed by atoms with van der Waals surface area (Å²) >= 11 is 11.8. The van der Waals surface area contributed by atoms with Crippen LogP contribution < -0.4 is 0 Å². The van der Waals surface area contributed by atoms with Gasteiger partial charge in [-0.3, -0.25) is 4.21 Å². The van der Waals surface area contributed by atoms with Crippen LogP contribution in [0.3, 0.4) is 0 Å². The zero-order chi connectivity index (χ0) is 14.3. The summed E-state index contributed by atoms with van der Waals surface area (Å²) < 4.78 is 17.6. The molecule has 0 fully saturated rings. The van der Waals surface area contributed by atoms with Crippen LogP contribution in [0.4, 0.5) is 0 Å². The average Bonchev–Trinajstić information content (AvgIpc) is 2.40. The third kappa shape index (κ3) is 5.82. The van der Waals surface area contributed by atoms with Crippen molar-refractivity contribution in [1.82, 2.24) is 0 Å². The lowest BCUT2D eigenvalue weighted by Crippen LogP contribution is -2.12. The van der Waals surface area contributed by atoms with Crippen molar-refractivity contribution in [1.29, 1.82) is 0 Å². The highest BCUT2D eigenvalue weighted by Gasteiger charge is 2.14. The van der Waals surface area contributed by atoms with E-state index in [1.165, 1.54) is 0 Å². The Bertz CT molecular complexity index is 424. The van der Waals surface area contributed by atoms with Gasteiger partial charge >= 0.3 is 0 Å². The van der Waals surface area contributed by atoms with Gasteiger partial charge in [0.1, 0.15) is 0 Å². The van der Waals surface area contributed by atoms with Crippen molar-refractivity contribution in [2.24, 2.45) is 0 Å². The van der Waals surface area contributed by atoms with E-state index in [1.807, 2.05) is 13.0 Å². The number of hydrogen-bond donors (Lipinski definition) is 0. The maximum Gasteiger partial charge on any atom is 0.0595 e. The Hall–Kier alpha value is -0.0900. The van der Waals surface area contributed by atoms with E-state index in [0.717, 1.165) is 25.0 Å². The monoisotopic (exact) mass is 322 g/mol. The van der Waals surface area contributed by atoms with Gasteiger partial charge < -0.3 is 4.74 Å². The lowest BCUT2D eigenvalue weighted by Gasteiger charge is -2.13. The molecule has 0 saturated carbocycles. The van der Waals surface area contributed by atoms with E-state index < -0.39 is 10.8 Å². The highest BCUT2D eigenvalue weighted by molar-refractivity contribution is 7.85. The first kappa shape index (κ1) is 17.0. The summed E-state index contributed by atoms with van der Waals surface area (Å²) in [6, 6.07) is 5.39. The second kappa shape index (κ2) is 8.96. The maximum atomic E-state index is 12.1. The molecule has 0 N–H and O–H groups in total. The third-order valence-corrected chi connectivity index (χ3v) is 5.25. The maximum absolute atomic E-state index is 12.1. The van der Waals surface area contributed by atoms with Gasteiger partial charge in [-0.05, 0) is 31.0 Å². The van der Waals surface area contributed by atoms with Gasteiger partial charge in [-0.25, -0.2) is 0 Å². The van der Waals surface area contributed by atoms with Crippen LogP contribution in [0.5, 0.6) is 0 Å². The Morgan fingerprint density at radius 3 is 2.63 bits per heavy atom. The highest BCUT2D eigenvalue weighted by Crippen LogP contribution is 2.27. The van der Waals surface area contributed by atoms with Gasteiger partial charge in [-0.1, -0.05) is 42.6 Å². The molecule has 2 atom stereocenters. The summed E-state index contributed by atoms with van der Waals surface area (Å²) in [5, 5.41) is 0.957. The van der Waals surface area contributed by atoms with Crippen molar-refractivity contribution in [3.05, 3.63) is 33.8 Å². The van der Waals surface area contributed by atoms with Gasteiger partial charge in [0.05, 0.1) is 21.9 Å². The first-order chi connectivity index (χ1) is 9.06. The second-order valence-electron chi connectivity index (χ2n) is 4.37. The van der Waals surface area contributed by atoms with E-state index in [9.17, 15) is 4.21 Å². The van der Waals surface area contributed by atoms with E-state index in [4.69, 9.17) is 27.9 Å². The number of hydrogen-bond acceptors (Lipinski definition) is 2. The zero-order valence-corrected chi connectivity index (χ0v) is 13.7. The van der Waals surface area contributed by atoms with Crippen LogP contribution in [0.15, 0.2) is 18.2 Å². The fourth-order valence-corrected chi connectivity index (χ4v) is 2.98. The van der Waals surface area contributed by atoms with Crippen LogP contribution in [0.25, 0.3) is 0 Å². The summed E-state index contributed by atoms with van der Waals surface area (Å²) in [6.07, 6.45) is 2.16. The molecule has 0 aliphatic carbocycles. The topological polar surface area (TPSA) is 26.3 Å². The molecule has 1 rings (SSSR count). The van der Waals surface area contributed by atoms with Crippen molar-refractivity contribution < 1.29 is 8.95 Å². The summed E-state index contributed by atoms with van der Waals surface area (Å²) in [7, 11) is -0.963. The summed E-state index contributed by atoms with van der Waals surface area (Å²) in [5.41, 5.74) is 0.946. The van der Waals surface area contributed by atoms with E-state index in [2.05, 4.69) is 6.92 Å². The molecule has 5 heteroatoms. The molecule has 0 unspecified atom stereocenters. The summed E-state index contributed by atoms with van der Waals surface area (Å²) in [6.45, 7) is 5.34. The normalized spacial score (nSPS) is 14.3. The molecule has 1 aromatic carbocycles. The number of benzene rings is 1. The molecule has 2 nitrogen and oxygen atoms in total. The van der Waals surface area contributed by atoms with Gasteiger partial charge in [-0.15, -0.1) is 0 Å². The molecule has 1 aromatic rings. The molecular formula is C14H20Cl2O2S. The van der Waals surface area contributed by atoms with Crippen molar-refractivity contribution >= 4 is 34.0 Å². The van der Waals surface area contributed by atoms with E-state index in [1.54, 1.807) is 12.1 Å². The Balaban J connectivity index is 2.45. The molecule has 0 radical (unpaired) electrons.